The monoisotopic (exact) mass is 224 g/mol. The van der Waals surface area contributed by atoms with Crippen LogP contribution in [0, 0.1) is 0 Å². The van der Waals surface area contributed by atoms with Crippen LogP contribution < -0.4 is 5.32 Å². The molecule has 3 N–H and O–H groups in total. The molecule has 16 heavy (non-hydrogen) atoms. The summed E-state index contributed by atoms with van der Waals surface area (Å²) in [5.74, 6) is -0.554. The molecule has 1 heterocycles. The van der Waals surface area contributed by atoms with Crippen molar-refractivity contribution in [3.05, 3.63) is 23.9 Å². The van der Waals surface area contributed by atoms with E-state index in [4.69, 9.17) is 10.2 Å². The first kappa shape index (κ1) is 12.4. The van der Waals surface area contributed by atoms with Gasteiger partial charge in [-0.2, -0.15) is 0 Å². The van der Waals surface area contributed by atoms with Crippen LogP contribution in [-0.2, 0) is 0 Å². The maximum atomic E-state index is 10.7. The number of aliphatic hydroxyl groups is 1. The van der Waals surface area contributed by atoms with E-state index in [1.54, 1.807) is 12.1 Å². The summed E-state index contributed by atoms with van der Waals surface area (Å²) in [5, 5.41) is 20.7. The molecule has 0 aromatic carbocycles. The number of hydrogen-bond donors (Lipinski definition) is 3. The average Bonchev–Trinajstić information content (AvgIpc) is 2.17. The van der Waals surface area contributed by atoms with Gasteiger partial charge >= 0.3 is 5.97 Å². The van der Waals surface area contributed by atoms with Crippen molar-refractivity contribution < 1.29 is 15.0 Å². The van der Waals surface area contributed by atoms with E-state index in [0.717, 1.165) is 0 Å². The third-order valence-electron chi connectivity index (χ3n) is 2.17. The van der Waals surface area contributed by atoms with Gasteiger partial charge in [0.1, 0.15) is 5.82 Å². The summed E-state index contributed by atoms with van der Waals surface area (Å²) in [6.07, 6.45) is 0.561. The van der Waals surface area contributed by atoms with Crippen LogP contribution in [0.15, 0.2) is 18.2 Å². The largest absolute Gasteiger partial charge is 0.477 e. The Morgan fingerprint density at radius 3 is 2.75 bits per heavy atom. The first-order chi connectivity index (χ1) is 7.44. The van der Waals surface area contributed by atoms with Crippen molar-refractivity contribution in [2.45, 2.75) is 25.8 Å². The quantitative estimate of drug-likeness (QED) is 0.703. The highest BCUT2D eigenvalue weighted by atomic mass is 16.4. The van der Waals surface area contributed by atoms with Gasteiger partial charge in [-0.25, -0.2) is 9.78 Å². The fourth-order valence-corrected chi connectivity index (χ4v) is 1.31. The number of carboxylic acids is 1. The molecule has 88 valence electrons. The second-order valence-corrected chi connectivity index (χ2v) is 4.20. The van der Waals surface area contributed by atoms with Crippen LogP contribution in [0.1, 0.15) is 30.8 Å². The van der Waals surface area contributed by atoms with Gasteiger partial charge in [-0.15, -0.1) is 0 Å². The van der Waals surface area contributed by atoms with E-state index < -0.39 is 5.97 Å². The lowest BCUT2D eigenvalue weighted by molar-refractivity contribution is 0.0690. The zero-order valence-corrected chi connectivity index (χ0v) is 9.40. The summed E-state index contributed by atoms with van der Waals surface area (Å²) in [7, 11) is 0. The van der Waals surface area contributed by atoms with Crippen molar-refractivity contribution in [2.75, 3.05) is 11.9 Å². The average molecular weight is 224 g/mol. The van der Waals surface area contributed by atoms with Gasteiger partial charge in [-0.3, -0.25) is 0 Å². The zero-order chi connectivity index (χ0) is 12.2. The minimum absolute atomic E-state index is 0.00444. The molecule has 1 rings (SSSR count). The molecule has 0 fully saturated rings. The first-order valence-corrected chi connectivity index (χ1v) is 5.04. The molecule has 1 aromatic heterocycles. The molecule has 0 aliphatic rings. The molecule has 5 heteroatoms. The van der Waals surface area contributed by atoms with Crippen molar-refractivity contribution in [1.29, 1.82) is 0 Å². The van der Waals surface area contributed by atoms with Crippen molar-refractivity contribution in [1.82, 2.24) is 4.98 Å². The van der Waals surface area contributed by atoms with E-state index in [1.807, 2.05) is 13.8 Å². The van der Waals surface area contributed by atoms with Crippen LogP contribution >= 0.6 is 0 Å². The molecular weight excluding hydrogens is 208 g/mol. The van der Waals surface area contributed by atoms with Crippen molar-refractivity contribution in [2.24, 2.45) is 0 Å². The number of aromatic carboxylic acids is 1. The smallest absolute Gasteiger partial charge is 0.354 e. The number of aromatic nitrogens is 1. The fourth-order valence-electron chi connectivity index (χ4n) is 1.31. The first-order valence-electron chi connectivity index (χ1n) is 5.04. The predicted molar refractivity (Wildman–Crippen MR) is 60.6 cm³/mol. The molecule has 0 radical (unpaired) electrons. The highest BCUT2D eigenvalue weighted by Gasteiger charge is 2.17. The van der Waals surface area contributed by atoms with Crippen LogP contribution in [0.3, 0.4) is 0 Å². The molecule has 5 nitrogen and oxygen atoms in total. The van der Waals surface area contributed by atoms with Gasteiger partial charge in [-0.05, 0) is 32.4 Å². The second kappa shape index (κ2) is 4.94. The molecule has 0 unspecified atom stereocenters. The van der Waals surface area contributed by atoms with E-state index in [-0.39, 0.29) is 17.8 Å². The molecular formula is C11H16N2O3. The maximum absolute atomic E-state index is 10.7. The Morgan fingerprint density at radius 2 is 2.19 bits per heavy atom. The van der Waals surface area contributed by atoms with E-state index >= 15 is 0 Å². The second-order valence-electron chi connectivity index (χ2n) is 4.20. The Balaban J connectivity index is 2.81. The predicted octanol–water partition coefficient (Wildman–Crippen LogP) is 1.35. The summed E-state index contributed by atoms with van der Waals surface area (Å²) >= 11 is 0. The normalized spacial score (nSPS) is 11.2. The number of pyridine rings is 1. The molecule has 0 saturated carbocycles. The molecule has 0 aliphatic heterocycles. The highest BCUT2D eigenvalue weighted by molar-refractivity contribution is 5.85. The Bertz CT molecular complexity index is 377. The van der Waals surface area contributed by atoms with Crippen molar-refractivity contribution in [3.8, 4) is 0 Å². The Morgan fingerprint density at radius 1 is 1.50 bits per heavy atom. The standard InChI is InChI=1S/C11H16N2O3/c1-11(2,6-7-14)13-9-5-3-4-8(12-9)10(15)16/h3-5,14H,6-7H2,1-2H3,(H,12,13)(H,15,16). The van der Waals surface area contributed by atoms with Crippen LogP contribution in [0.5, 0.6) is 0 Å². The van der Waals surface area contributed by atoms with Gasteiger partial charge in [-0.1, -0.05) is 6.07 Å². The van der Waals surface area contributed by atoms with Crippen molar-refractivity contribution in [3.63, 3.8) is 0 Å². The lowest BCUT2D eigenvalue weighted by Gasteiger charge is -2.26. The third kappa shape index (κ3) is 3.51. The number of hydrogen-bond acceptors (Lipinski definition) is 4. The Hall–Kier alpha value is -1.62. The number of carbonyl (C=O) groups is 1. The minimum atomic E-state index is -1.05. The van der Waals surface area contributed by atoms with E-state index in [0.29, 0.717) is 12.2 Å². The number of anilines is 1. The van der Waals surface area contributed by atoms with Crippen LogP contribution in [0.4, 0.5) is 5.82 Å². The molecule has 1 aromatic rings. The summed E-state index contributed by atoms with van der Waals surface area (Å²) in [6, 6.07) is 4.77. The van der Waals surface area contributed by atoms with Crippen LogP contribution in [0.2, 0.25) is 0 Å². The maximum Gasteiger partial charge on any atom is 0.354 e. The van der Waals surface area contributed by atoms with Crippen LogP contribution in [0.25, 0.3) is 0 Å². The Kier molecular flexibility index (Phi) is 3.84. The molecule has 0 spiro atoms. The minimum Gasteiger partial charge on any atom is -0.477 e. The SMILES string of the molecule is CC(C)(CCO)Nc1cccc(C(=O)O)n1. The van der Waals surface area contributed by atoms with Gasteiger partial charge in [0, 0.05) is 12.1 Å². The topological polar surface area (TPSA) is 82.5 Å². The van der Waals surface area contributed by atoms with Gasteiger partial charge < -0.3 is 15.5 Å². The molecule has 0 saturated heterocycles. The van der Waals surface area contributed by atoms with Gasteiger partial charge in [0.2, 0.25) is 0 Å². The molecule has 0 atom stereocenters. The number of nitrogens with one attached hydrogen (secondary N) is 1. The third-order valence-corrected chi connectivity index (χ3v) is 2.17. The zero-order valence-electron chi connectivity index (χ0n) is 9.40. The summed E-state index contributed by atoms with van der Waals surface area (Å²) < 4.78 is 0. The van der Waals surface area contributed by atoms with Crippen molar-refractivity contribution >= 4 is 11.8 Å². The van der Waals surface area contributed by atoms with E-state index in [2.05, 4.69) is 10.3 Å². The van der Waals surface area contributed by atoms with E-state index in [9.17, 15) is 4.79 Å². The molecule has 0 bridgehead atoms. The summed E-state index contributed by atoms with van der Waals surface area (Å²) in [4.78, 5) is 14.7. The van der Waals surface area contributed by atoms with E-state index in [1.165, 1.54) is 6.07 Å². The highest BCUT2D eigenvalue weighted by Crippen LogP contribution is 2.16. The molecule has 0 amide bonds. The van der Waals surface area contributed by atoms with Gasteiger partial charge in [0.05, 0.1) is 0 Å². The van der Waals surface area contributed by atoms with Gasteiger partial charge in [0.25, 0.3) is 0 Å². The lowest BCUT2D eigenvalue weighted by Crippen LogP contribution is -2.32. The number of nitrogens with zero attached hydrogens (tertiary/aromatic N) is 1. The summed E-state index contributed by atoms with van der Waals surface area (Å²) in [6.45, 7) is 3.90. The number of rotatable bonds is 5. The van der Waals surface area contributed by atoms with Crippen LogP contribution in [-0.4, -0.2) is 33.3 Å². The van der Waals surface area contributed by atoms with Gasteiger partial charge in [0.15, 0.2) is 5.69 Å². The number of carboxylic acid groups (broad SMARTS) is 1. The molecule has 0 aliphatic carbocycles. The lowest BCUT2D eigenvalue weighted by atomic mass is 10.0. The summed E-state index contributed by atoms with van der Waals surface area (Å²) in [5.41, 5.74) is -0.316. The Labute approximate surface area is 94.1 Å². The number of aliphatic hydroxyl groups excluding tert-OH is 1. The fraction of sp³-hybridized carbons (Fsp3) is 0.455.